The van der Waals surface area contributed by atoms with Gasteiger partial charge in [0.2, 0.25) is 12.3 Å². The Labute approximate surface area is 258 Å². The topological polar surface area (TPSA) is 104 Å². The first-order chi connectivity index (χ1) is 21.1. The molecular formula is C31H34F2N8O2S. The first-order valence-corrected chi connectivity index (χ1v) is 15.4. The van der Waals surface area contributed by atoms with E-state index in [0.29, 0.717) is 72.7 Å². The molecule has 44 heavy (non-hydrogen) atoms. The van der Waals surface area contributed by atoms with Crippen LogP contribution in [0.15, 0.2) is 36.4 Å². The van der Waals surface area contributed by atoms with Gasteiger partial charge in [-0.25, -0.2) is 18.3 Å². The summed E-state index contributed by atoms with van der Waals surface area (Å²) in [4.78, 5) is 25.5. The summed E-state index contributed by atoms with van der Waals surface area (Å²) in [5.41, 5.74) is 5.69. The number of carbonyl (C=O) groups excluding carboxylic acids is 1. The molecule has 0 atom stereocenters. The Morgan fingerprint density at radius 2 is 1.86 bits per heavy atom. The van der Waals surface area contributed by atoms with Crippen molar-refractivity contribution >= 4 is 39.3 Å². The molecule has 0 radical (unpaired) electrons. The number of aliphatic hydroxyl groups excluding tert-OH is 1. The number of hydrogen-bond acceptors (Lipinski definition) is 9. The lowest BCUT2D eigenvalue weighted by molar-refractivity contribution is -0.142. The molecule has 2 aliphatic heterocycles. The van der Waals surface area contributed by atoms with Gasteiger partial charge in [-0.1, -0.05) is 41.2 Å². The summed E-state index contributed by atoms with van der Waals surface area (Å²) < 4.78 is 29.3. The number of aromatic nitrogens is 3. The van der Waals surface area contributed by atoms with Crippen LogP contribution in [0.3, 0.4) is 0 Å². The van der Waals surface area contributed by atoms with Gasteiger partial charge in [-0.15, -0.1) is 0 Å². The highest BCUT2D eigenvalue weighted by atomic mass is 32.1. The molecule has 1 aromatic carbocycles. The number of likely N-dealkylation sites (tertiary alicyclic amines) is 1. The van der Waals surface area contributed by atoms with Crippen molar-refractivity contribution < 1.29 is 18.7 Å². The zero-order valence-corrected chi connectivity index (χ0v) is 25.7. The highest BCUT2D eigenvalue weighted by molar-refractivity contribution is 7.16. The summed E-state index contributed by atoms with van der Waals surface area (Å²) in [6, 6.07) is 14.0. The molecule has 13 heteroatoms. The summed E-state index contributed by atoms with van der Waals surface area (Å²) in [5.74, 6) is 0.0341. The van der Waals surface area contributed by atoms with Crippen LogP contribution in [0, 0.1) is 25.2 Å². The van der Waals surface area contributed by atoms with Crippen LogP contribution in [-0.4, -0.2) is 101 Å². The van der Waals surface area contributed by atoms with Gasteiger partial charge in [-0.3, -0.25) is 9.69 Å². The average Bonchev–Trinajstić information content (AvgIpc) is 3.57. The van der Waals surface area contributed by atoms with Crippen LogP contribution in [-0.2, 0) is 11.2 Å². The summed E-state index contributed by atoms with van der Waals surface area (Å²) in [6.07, 6.45) is -3.52. The van der Waals surface area contributed by atoms with Crippen molar-refractivity contribution in [3.63, 3.8) is 0 Å². The average molecular weight is 621 g/mol. The Morgan fingerprint density at radius 1 is 1.16 bits per heavy atom. The third-order valence-electron chi connectivity index (χ3n) is 8.26. The molecular weight excluding hydrogens is 586 g/mol. The molecule has 0 unspecified atom stereocenters. The van der Waals surface area contributed by atoms with Crippen LogP contribution in [0.1, 0.15) is 21.8 Å². The smallest absolute Gasteiger partial charge is 0.244 e. The third kappa shape index (κ3) is 5.85. The number of pyridine rings is 1. The van der Waals surface area contributed by atoms with Gasteiger partial charge in [0.15, 0.2) is 5.13 Å². The fourth-order valence-corrected chi connectivity index (χ4v) is 6.66. The maximum atomic E-state index is 13.8. The lowest BCUT2D eigenvalue weighted by atomic mass is 10.1. The first kappa shape index (κ1) is 29.9. The van der Waals surface area contributed by atoms with Gasteiger partial charge in [-0.2, -0.15) is 10.4 Å². The van der Waals surface area contributed by atoms with Crippen LogP contribution >= 0.6 is 11.3 Å². The monoisotopic (exact) mass is 620 g/mol. The van der Waals surface area contributed by atoms with Gasteiger partial charge in [-0.05, 0) is 26.0 Å². The molecule has 0 bridgehead atoms. The number of alkyl halides is 2. The second kappa shape index (κ2) is 12.1. The zero-order chi connectivity index (χ0) is 31.1. The predicted octanol–water partition coefficient (Wildman–Crippen LogP) is 3.85. The van der Waals surface area contributed by atoms with E-state index < -0.39 is 19.0 Å². The van der Waals surface area contributed by atoms with E-state index in [0.717, 1.165) is 22.5 Å². The third-order valence-corrected chi connectivity index (χ3v) is 9.30. The summed E-state index contributed by atoms with van der Waals surface area (Å²) in [7, 11) is 1.78. The summed E-state index contributed by atoms with van der Waals surface area (Å²) >= 11 is 1.22. The minimum atomic E-state index is -2.59. The van der Waals surface area contributed by atoms with Crippen molar-refractivity contribution in [2.45, 2.75) is 32.8 Å². The van der Waals surface area contributed by atoms with Crippen molar-refractivity contribution in [1.82, 2.24) is 24.4 Å². The molecule has 0 saturated carbocycles. The van der Waals surface area contributed by atoms with Crippen LogP contribution < -0.4 is 9.80 Å². The number of fused-ring (bicyclic) bond motifs is 1. The number of nitrogens with zero attached hydrogens (tertiary/aromatic N) is 8. The maximum Gasteiger partial charge on any atom is 0.244 e. The first-order valence-electron chi connectivity index (χ1n) is 14.6. The Bertz CT molecular complexity index is 1720. The van der Waals surface area contributed by atoms with E-state index in [1.54, 1.807) is 21.4 Å². The highest BCUT2D eigenvalue weighted by Crippen LogP contribution is 2.39. The van der Waals surface area contributed by atoms with Gasteiger partial charge in [0, 0.05) is 63.3 Å². The van der Waals surface area contributed by atoms with Crippen LogP contribution in [0.25, 0.3) is 16.8 Å². The number of thiazole rings is 1. The van der Waals surface area contributed by atoms with E-state index >= 15 is 0 Å². The Balaban J connectivity index is 1.30. The number of aryl methyl sites for hydroxylation is 2. The van der Waals surface area contributed by atoms with Gasteiger partial charge < -0.3 is 19.8 Å². The number of benzene rings is 1. The number of aliphatic hydroxyl groups is 1. The molecule has 0 aliphatic carbocycles. The number of rotatable bonds is 8. The molecule has 2 saturated heterocycles. The normalized spacial score (nSPS) is 16.0. The number of hydrogen-bond donors (Lipinski definition) is 1. The quantitative estimate of drug-likeness (QED) is 0.317. The number of carbonyl (C=O) groups is 1. The lowest BCUT2D eigenvalue weighted by Crippen LogP contribution is -2.57. The van der Waals surface area contributed by atoms with Gasteiger partial charge in [0.1, 0.15) is 16.6 Å². The zero-order valence-electron chi connectivity index (χ0n) is 24.9. The molecule has 230 valence electrons. The fourth-order valence-electron chi connectivity index (χ4n) is 5.80. The van der Waals surface area contributed by atoms with E-state index in [9.17, 15) is 23.9 Å². The Morgan fingerprint density at radius 3 is 2.50 bits per heavy atom. The molecule has 1 N–H and O–H groups in total. The van der Waals surface area contributed by atoms with Gasteiger partial charge >= 0.3 is 0 Å². The molecule has 6 rings (SSSR count). The van der Waals surface area contributed by atoms with Crippen molar-refractivity contribution in [2.24, 2.45) is 0 Å². The number of anilines is 3. The van der Waals surface area contributed by atoms with Crippen molar-refractivity contribution in [2.75, 3.05) is 62.7 Å². The molecule has 2 fully saturated rings. The molecule has 0 spiro atoms. The maximum absolute atomic E-state index is 13.8. The second-order valence-electron chi connectivity index (χ2n) is 11.5. The standard InChI is InChI=1S/C31H34F2N8O2S/c1-19-4-6-21(7-5-19)29-26(15-34)44-31(35-29)37(3)30-24(14-27(32)33)36-41-20(2)12-22(13-25(30)41)39-10-8-38(9-11-39)18-28(43)40-16-23(42)17-40/h4-7,12-13,23,27,42H,8-11,14,16-18H2,1-3H3. The molecule has 3 aromatic heterocycles. The van der Waals surface area contributed by atoms with Crippen molar-refractivity contribution in [3.05, 3.63) is 58.2 Å². The van der Waals surface area contributed by atoms with Crippen molar-refractivity contribution in [3.8, 4) is 17.3 Å². The second-order valence-corrected chi connectivity index (χ2v) is 12.4. The molecule has 5 heterocycles. The Hall–Kier alpha value is -4.12. The van der Waals surface area contributed by atoms with E-state index in [1.165, 1.54) is 11.3 Å². The number of piperazine rings is 1. The molecule has 4 aromatic rings. The number of amides is 1. The minimum Gasteiger partial charge on any atom is -0.389 e. The van der Waals surface area contributed by atoms with Gasteiger partial charge in [0.05, 0.1) is 36.0 Å². The molecule has 10 nitrogen and oxygen atoms in total. The number of halogens is 2. The van der Waals surface area contributed by atoms with Crippen molar-refractivity contribution in [1.29, 1.82) is 5.26 Å². The lowest BCUT2D eigenvalue weighted by Gasteiger charge is -2.39. The fraction of sp³-hybridized carbons (Fsp3) is 0.419. The molecule has 1 amide bonds. The van der Waals surface area contributed by atoms with Crippen LogP contribution in [0.5, 0.6) is 0 Å². The van der Waals surface area contributed by atoms with Crippen LogP contribution in [0.2, 0.25) is 0 Å². The van der Waals surface area contributed by atoms with E-state index in [4.69, 9.17) is 4.98 Å². The van der Waals surface area contributed by atoms with Gasteiger partial charge in [0.25, 0.3) is 0 Å². The highest BCUT2D eigenvalue weighted by Gasteiger charge is 2.31. The SMILES string of the molecule is Cc1ccc(-c2nc(N(C)c3c(CC(F)F)nn4c(C)cc(N5CCN(CC(=O)N6CC(O)C6)CC5)cc34)sc2C#N)cc1. The van der Waals surface area contributed by atoms with E-state index in [-0.39, 0.29) is 11.6 Å². The number of β-amino-alcohol motifs (C(OH)–C–C–N with tert-alkyl or cyclic N) is 1. The summed E-state index contributed by atoms with van der Waals surface area (Å²) in [6.45, 7) is 7.83. The number of nitriles is 1. The van der Waals surface area contributed by atoms with E-state index in [2.05, 4.69) is 21.0 Å². The Kier molecular flexibility index (Phi) is 8.24. The van der Waals surface area contributed by atoms with Crippen LogP contribution in [0.4, 0.5) is 25.3 Å². The predicted molar refractivity (Wildman–Crippen MR) is 166 cm³/mol. The summed E-state index contributed by atoms with van der Waals surface area (Å²) in [5, 5.41) is 24.5. The largest absolute Gasteiger partial charge is 0.389 e. The minimum absolute atomic E-state index is 0.0341. The molecule has 2 aliphatic rings. The van der Waals surface area contributed by atoms with E-state index in [1.807, 2.05) is 50.2 Å².